The van der Waals surface area contributed by atoms with Crippen molar-refractivity contribution in [2.75, 3.05) is 0 Å². The molecule has 1 aliphatic heterocycles. The molecule has 0 bridgehead atoms. The summed E-state index contributed by atoms with van der Waals surface area (Å²) in [5, 5.41) is 0. The molecule has 2 heterocycles. The lowest BCUT2D eigenvalue weighted by Crippen LogP contribution is -3.00. The quantitative estimate of drug-likeness (QED) is 0.454. The van der Waals surface area contributed by atoms with E-state index in [1.165, 1.54) is 17.7 Å². The Balaban J connectivity index is 0.00000192. The summed E-state index contributed by atoms with van der Waals surface area (Å²) < 4.78 is 15.7. The van der Waals surface area contributed by atoms with Crippen molar-refractivity contribution in [1.82, 2.24) is 15.8 Å². The topological polar surface area (TPSA) is 43.7 Å². The first kappa shape index (κ1) is 18.6. The molecule has 3 aromatic carbocycles. The van der Waals surface area contributed by atoms with Gasteiger partial charge in [0.2, 0.25) is 0 Å². The molecular formula is C22H20ClFN4. The van der Waals surface area contributed by atoms with E-state index in [2.05, 4.69) is 56.8 Å². The van der Waals surface area contributed by atoms with Gasteiger partial charge >= 0.3 is 0 Å². The Morgan fingerprint density at radius 1 is 0.821 bits per heavy atom. The zero-order chi connectivity index (χ0) is 18.2. The highest BCUT2D eigenvalue weighted by Gasteiger charge is 2.34. The SMILES string of the molecule is Fc1ccc(-c2[nH]c3ccccc3[n+]2C2CC(c3ccccc3)NN2)cc1.[Cl-]. The number of rotatable bonds is 3. The van der Waals surface area contributed by atoms with Crippen LogP contribution in [0, 0.1) is 5.82 Å². The van der Waals surface area contributed by atoms with Crippen LogP contribution >= 0.6 is 0 Å². The molecule has 6 heteroatoms. The number of para-hydroxylation sites is 2. The third-order valence-corrected chi connectivity index (χ3v) is 5.17. The first-order valence-electron chi connectivity index (χ1n) is 9.14. The third-order valence-electron chi connectivity index (χ3n) is 5.17. The zero-order valence-electron chi connectivity index (χ0n) is 15.1. The molecule has 142 valence electrons. The fourth-order valence-electron chi connectivity index (χ4n) is 3.85. The minimum Gasteiger partial charge on any atom is -1.00 e. The average Bonchev–Trinajstić information content (AvgIpc) is 3.34. The third kappa shape index (κ3) is 3.29. The molecule has 4 aromatic rings. The van der Waals surface area contributed by atoms with Gasteiger partial charge in [-0.15, -0.1) is 0 Å². The summed E-state index contributed by atoms with van der Waals surface area (Å²) in [6, 6.07) is 25.5. The monoisotopic (exact) mass is 394 g/mol. The van der Waals surface area contributed by atoms with Crippen LogP contribution in [0.2, 0.25) is 0 Å². The fraction of sp³-hybridized carbons (Fsp3) is 0.136. The van der Waals surface area contributed by atoms with Crippen LogP contribution in [0.3, 0.4) is 0 Å². The van der Waals surface area contributed by atoms with E-state index >= 15 is 0 Å². The number of benzene rings is 3. The van der Waals surface area contributed by atoms with Crippen molar-refractivity contribution in [3.05, 3.63) is 90.2 Å². The van der Waals surface area contributed by atoms with Gasteiger partial charge in [0.25, 0.3) is 5.82 Å². The first-order chi connectivity index (χ1) is 13.3. The standard InChI is InChI=1S/C22H19FN4.ClH/c23-17-12-10-16(11-13-17)22-24-18-8-4-5-9-20(18)27(22)21-14-19(25-26-21)15-6-2-1-3-7-15;/h1-13,19,21,25-26H,14H2;1H. The van der Waals surface area contributed by atoms with E-state index in [4.69, 9.17) is 0 Å². The number of nitrogens with one attached hydrogen (secondary N) is 3. The highest BCUT2D eigenvalue weighted by atomic mass is 35.5. The second kappa shape index (κ2) is 7.72. The number of aromatic nitrogens is 2. The summed E-state index contributed by atoms with van der Waals surface area (Å²) >= 11 is 0. The van der Waals surface area contributed by atoms with Gasteiger partial charge in [0.1, 0.15) is 5.82 Å². The number of fused-ring (bicyclic) bond motifs is 1. The van der Waals surface area contributed by atoms with Crippen LogP contribution in [-0.4, -0.2) is 4.98 Å². The highest BCUT2D eigenvalue weighted by Crippen LogP contribution is 2.28. The van der Waals surface area contributed by atoms with Crippen LogP contribution in [0.15, 0.2) is 78.9 Å². The van der Waals surface area contributed by atoms with Crippen LogP contribution < -0.4 is 27.8 Å². The van der Waals surface area contributed by atoms with Gasteiger partial charge in [-0.25, -0.2) is 24.8 Å². The van der Waals surface area contributed by atoms with Crippen LogP contribution in [0.4, 0.5) is 4.39 Å². The number of hydrogen-bond donors (Lipinski definition) is 3. The number of aromatic amines is 1. The number of hydrazine groups is 1. The predicted molar refractivity (Wildman–Crippen MR) is 103 cm³/mol. The molecular weight excluding hydrogens is 375 g/mol. The van der Waals surface area contributed by atoms with E-state index in [-0.39, 0.29) is 30.4 Å². The van der Waals surface area contributed by atoms with Crippen molar-refractivity contribution in [2.45, 2.75) is 18.6 Å². The average molecular weight is 395 g/mol. The number of hydrogen-bond acceptors (Lipinski definition) is 2. The normalized spacial score (nSPS) is 18.9. The Kier molecular flexibility index (Phi) is 5.13. The van der Waals surface area contributed by atoms with E-state index in [0.717, 1.165) is 28.8 Å². The molecule has 28 heavy (non-hydrogen) atoms. The van der Waals surface area contributed by atoms with Crippen molar-refractivity contribution < 1.29 is 21.4 Å². The maximum Gasteiger partial charge on any atom is 0.288 e. The van der Waals surface area contributed by atoms with E-state index in [0.29, 0.717) is 0 Å². The molecule has 0 radical (unpaired) electrons. The van der Waals surface area contributed by atoms with Crippen molar-refractivity contribution in [3.63, 3.8) is 0 Å². The fourth-order valence-corrected chi connectivity index (χ4v) is 3.85. The summed E-state index contributed by atoms with van der Waals surface area (Å²) in [6.45, 7) is 0. The van der Waals surface area contributed by atoms with Crippen molar-refractivity contribution in [1.29, 1.82) is 0 Å². The van der Waals surface area contributed by atoms with Gasteiger partial charge in [0.15, 0.2) is 17.2 Å². The zero-order valence-corrected chi connectivity index (χ0v) is 15.8. The Labute approximate surface area is 168 Å². The lowest BCUT2D eigenvalue weighted by molar-refractivity contribution is -0.692. The molecule has 4 nitrogen and oxygen atoms in total. The van der Waals surface area contributed by atoms with Gasteiger partial charge in [-0.1, -0.05) is 42.5 Å². The van der Waals surface area contributed by atoms with Gasteiger partial charge in [0.05, 0.1) is 11.6 Å². The van der Waals surface area contributed by atoms with Crippen molar-refractivity contribution in [3.8, 4) is 11.4 Å². The van der Waals surface area contributed by atoms with Gasteiger partial charge in [-0.05, 0) is 42.0 Å². The lowest BCUT2D eigenvalue weighted by Gasteiger charge is -2.10. The molecule has 1 aliphatic rings. The molecule has 0 aliphatic carbocycles. The maximum absolute atomic E-state index is 13.4. The molecule has 0 saturated carbocycles. The van der Waals surface area contributed by atoms with Crippen LogP contribution in [-0.2, 0) is 0 Å². The number of nitrogens with zero attached hydrogens (tertiary/aromatic N) is 1. The molecule has 1 aromatic heterocycles. The summed E-state index contributed by atoms with van der Waals surface area (Å²) in [7, 11) is 0. The van der Waals surface area contributed by atoms with Crippen LogP contribution in [0.5, 0.6) is 0 Å². The number of imidazole rings is 1. The Morgan fingerprint density at radius 3 is 2.32 bits per heavy atom. The maximum atomic E-state index is 13.4. The van der Waals surface area contributed by atoms with E-state index in [1.54, 1.807) is 0 Å². The van der Waals surface area contributed by atoms with Gasteiger partial charge in [-0.3, -0.25) is 0 Å². The van der Waals surface area contributed by atoms with Crippen molar-refractivity contribution in [2.24, 2.45) is 0 Å². The minimum atomic E-state index is -0.230. The Morgan fingerprint density at radius 2 is 1.54 bits per heavy atom. The smallest absolute Gasteiger partial charge is 0.288 e. The van der Waals surface area contributed by atoms with Crippen LogP contribution in [0.1, 0.15) is 24.2 Å². The minimum absolute atomic E-state index is 0. The first-order valence-corrected chi connectivity index (χ1v) is 9.14. The second-order valence-electron chi connectivity index (χ2n) is 6.87. The summed E-state index contributed by atoms with van der Waals surface area (Å²) in [5.74, 6) is 0.732. The summed E-state index contributed by atoms with van der Waals surface area (Å²) in [6.07, 6.45) is 0.983. The largest absolute Gasteiger partial charge is 1.00 e. The molecule has 0 amide bonds. The molecule has 2 unspecified atom stereocenters. The summed E-state index contributed by atoms with van der Waals surface area (Å²) in [4.78, 5) is 3.50. The predicted octanol–water partition coefficient (Wildman–Crippen LogP) is 1.00. The second-order valence-corrected chi connectivity index (χ2v) is 6.87. The van der Waals surface area contributed by atoms with Crippen molar-refractivity contribution >= 4 is 11.0 Å². The Hall–Kier alpha value is -2.73. The lowest BCUT2D eigenvalue weighted by atomic mass is 10.0. The van der Waals surface area contributed by atoms with E-state index in [9.17, 15) is 4.39 Å². The molecule has 1 saturated heterocycles. The van der Waals surface area contributed by atoms with Gasteiger partial charge < -0.3 is 12.4 Å². The molecule has 0 spiro atoms. The highest BCUT2D eigenvalue weighted by molar-refractivity contribution is 5.74. The summed E-state index contributed by atoms with van der Waals surface area (Å²) in [5.41, 5.74) is 11.2. The molecule has 1 fully saturated rings. The number of H-pyrrole nitrogens is 1. The van der Waals surface area contributed by atoms with Gasteiger partial charge in [-0.2, -0.15) is 0 Å². The number of halogens is 2. The Bertz CT molecular complexity index is 1080. The molecule has 5 rings (SSSR count). The van der Waals surface area contributed by atoms with Gasteiger partial charge in [0, 0.05) is 6.42 Å². The van der Waals surface area contributed by atoms with E-state index in [1.807, 2.05) is 30.3 Å². The van der Waals surface area contributed by atoms with Crippen LogP contribution in [0.25, 0.3) is 22.4 Å². The molecule has 2 atom stereocenters. The molecule has 3 N–H and O–H groups in total. The van der Waals surface area contributed by atoms with E-state index < -0.39 is 0 Å².